The van der Waals surface area contributed by atoms with Gasteiger partial charge in [-0.05, 0) is 28.7 Å². The summed E-state index contributed by atoms with van der Waals surface area (Å²) < 4.78 is 25.0. The fourth-order valence-corrected chi connectivity index (χ4v) is 1.45. The highest BCUT2D eigenvalue weighted by Crippen LogP contribution is 2.22. The van der Waals surface area contributed by atoms with E-state index in [0.717, 1.165) is 6.07 Å². The second-order valence-corrected chi connectivity index (χ2v) is 3.68. The monoisotopic (exact) mass is 310 g/mol. The van der Waals surface area contributed by atoms with Crippen LogP contribution in [0.3, 0.4) is 0 Å². The summed E-state index contributed by atoms with van der Waals surface area (Å²) in [6.45, 7) is 0. The molecule has 0 saturated carbocycles. The fraction of sp³-hybridized carbons (Fsp3) is 0.250. The van der Waals surface area contributed by atoms with Crippen LogP contribution < -0.4 is 5.56 Å². The van der Waals surface area contributed by atoms with Gasteiger partial charge in [0.2, 0.25) is 0 Å². The number of rotatable bonds is 2. The molecule has 1 rings (SSSR count). The number of aromatic nitrogens is 1. The lowest BCUT2D eigenvalue weighted by Gasteiger charge is -2.05. The molecular formula is C8H5F2IN2O. The van der Waals surface area contributed by atoms with Crippen molar-refractivity contribution >= 4 is 22.6 Å². The number of hydrogen-bond acceptors (Lipinski definition) is 2. The maximum Gasteiger partial charge on any atom is 0.265 e. The lowest BCUT2D eigenvalue weighted by Crippen LogP contribution is -2.14. The third-order valence-electron chi connectivity index (χ3n) is 1.60. The molecule has 0 fully saturated rings. The molecule has 0 spiro atoms. The van der Waals surface area contributed by atoms with Crippen molar-refractivity contribution in [3.8, 4) is 6.07 Å². The van der Waals surface area contributed by atoms with E-state index in [1.807, 2.05) is 0 Å². The molecule has 1 heterocycles. The Labute approximate surface area is 91.9 Å². The van der Waals surface area contributed by atoms with Gasteiger partial charge in [-0.15, -0.1) is 0 Å². The first-order chi connectivity index (χ1) is 6.56. The number of nitriles is 1. The topological polar surface area (TPSA) is 56.6 Å². The predicted octanol–water partition coefficient (Wildman–Crippen LogP) is 1.98. The molecule has 0 unspecified atom stereocenters. The summed E-state index contributed by atoms with van der Waals surface area (Å²) in [6, 6.07) is 2.83. The van der Waals surface area contributed by atoms with Gasteiger partial charge in [-0.1, -0.05) is 0 Å². The SMILES string of the molecule is N#CCc1[nH]c(=O)c(I)cc1C(F)F. The minimum atomic E-state index is -2.68. The number of nitrogens with one attached hydrogen (secondary N) is 1. The highest BCUT2D eigenvalue weighted by atomic mass is 127. The van der Waals surface area contributed by atoms with E-state index in [2.05, 4.69) is 4.98 Å². The van der Waals surface area contributed by atoms with Gasteiger partial charge >= 0.3 is 0 Å². The smallest absolute Gasteiger partial charge is 0.265 e. The molecule has 0 aliphatic rings. The lowest BCUT2D eigenvalue weighted by molar-refractivity contribution is 0.149. The maximum absolute atomic E-state index is 12.4. The minimum absolute atomic E-state index is 0.00656. The van der Waals surface area contributed by atoms with Gasteiger partial charge in [-0.25, -0.2) is 8.78 Å². The van der Waals surface area contributed by atoms with E-state index in [-0.39, 0.29) is 21.2 Å². The van der Waals surface area contributed by atoms with Crippen LogP contribution in [0.1, 0.15) is 17.7 Å². The summed E-state index contributed by atoms with van der Waals surface area (Å²) >= 11 is 1.67. The Morgan fingerprint density at radius 2 is 2.29 bits per heavy atom. The summed E-state index contributed by atoms with van der Waals surface area (Å²) in [5.41, 5.74) is -0.733. The number of aromatic amines is 1. The molecular weight excluding hydrogens is 305 g/mol. The number of nitrogens with zero attached hydrogens (tertiary/aromatic N) is 1. The number of hydrogen-bond donors (Lipinski definition) is 1. The van der Waals surface area contributed by atoms with Crippen molar-refractivity contribution in [3.63, 3.8) is 0 Å². The molecule has 0 amide bonds. The van der Waals surface area contributed by atoms with Crippen LogP contribution in [0, 0.1) is 14.9 Å². The van der Waals surface area contributed by atoms with Crippen LogP contribution in [-0.2, 0) is 6.42 Å². The van der Waals surface area contributed by atoms with Crippen molar-refractivity contribution in [2.24, 2.45) is 0 Å². The Kier molecular flexibility index (Phi) is 3.57. The van der Waals surface area contributed by atoms with Gasteiger partial charge in [0.15, 0.2) is 0 Å². The fourth-order valence-electron chi connectivity index (χ4n) is 0.978. The molecule has 0 bridgehead atoms. The first-order valence-electron chi connectivity index (χ1n) is 3.63. The Balaban J connectivity index is 3.33. The third kappa shape index (κ3) is 2.29. The van der Waals surface area contributed by atoms with Crippen LogP contribution in [0.2, 0.25) is 0 Å². The Morgan fingerprint density at radius 3 is 2.79 bits per heavy atom. The van der Waals surface area contributed by atoms with Crippen molar-refractivity contribution in [2.45, 2.75) is 12.8 Å². The second kappa shape index (κ2) is 4.50. The van der Waals surface area contributed by atoms with E-state index in [1.165, 1.54) is 0 Å². The standard InChI is InChI=1S/C8H5F2IN2O/c9-7(10)4-3-5(11)8(14)13-6(4)1-2-12/h3,7H,1H2,(H,13,14). The quantitative estimate of drug-likeness (QED) is 0.849. The van der Waals surface area contributed by atoms with Crippen molar-refractivity contribution in [2.75, 3.05) is 0 Å². The third-order valence-corrected chi connectivity index (χ3v) is 2.40. The summed E-state index contributed by atoms with van der Waals surface area (Å²) in [7, 11) is 0. The molecule has 1 aromatic heterocycles. The van der Waals surface area contributed by atoms with E-state index < -0.39 is 12.0 Å². The van der Waals surface area contributed by atoms with Gasteiger partial charge in [0.1, 0.15) is 0 Å². The molecule has 1 aromatic rings. The van der Waals surface area contributed by atoms with E-state index in [0.29, 0.717) is 0 Å². The van der Waals surface area contributed by atoms with Crippen LogP contribution in [0.4, 0.5) is 8.78 Å². The van der Waals surface area contributed by atoms with Gasteiger partial charge < -0.3 is 4.98 Å². The molecule has 1 N–H and O–H groups in total. The first-order valence-corrected chi connectivity index (χ1v) is 4.71. The molecule has 0 saturated heterocycles. The zero-order valence-corrected chi connectivity index (χ0v) is 9.01. The average Bonchev–Trinajstić information content (AvgIpc) is 2.11. The number of halogens is 3. The van der Waals surface area contributed by atoms with Crippen LogP contribution in [0.25, 0.3) is 0 Å². The maximum atomic E-state index is 12.4. The number of alkyl halides is 2. The van der Waals surface area contributed by atoms with Crippen LogP contribution in [0.5, 0.6) is 0 Å². The normalized spacial score (nSPS) is 10.2. The molecule has 0 aliphatic carbocycles. The lowest BCUT2D eigenvalue weighted by atomic mass is 10.1. The van der Waals surface area contributed by atoms with E-state index in [4.69, 9.17) is 5.26 Å². The Bertz CT molecular complexity index is 436. The summed E-state index contributed by atoms with van der Waals surface area (Å²) in [6.07, 6.45) is -2.89. The zero-order chi connectivity index (χ0) is 10.7. The molecule has 74 valence electrons. The van der Waals surface area contributed by atoms with E-state index in [1.54, 1.807) is 28.7 Å². The Morgan fingerprint density at radius 1 is 1.64 bits per heavy atom. The van der Waals surface area contributed by atoms with Gasteiger partial charge in [0.05, 0.1) is 16.1 Å². The highest BCUT2D eigenvalue weighted by Gasteiger charge is 2.15. The molecule has 6 heteroatoms. The minimum Gasteiger partial charge on any atom is -0.324 e. The van der Waals surface area contributed by atoms with Crippen LogP contribution in [-0.4, -0.2) is 4.98 Å². The van der Waals surface area contributed by atoms with Gasteiger partial charge in [0, 0.05) is 11.3 Å². The molecule has 0 radical (unpaired) electrons. The Hall–Kier alpha value is -0.970. The van der Waals surface area contributed by atoms with Crippen LogP contribution in [0.15, 0.2) is 10.9 Å². The molecule has 14 heavy (non-hydrogen) atoms. The number of H-pyrrole nitrogens is 1. The summed E-state index contributed by atoms with van der Waals surface area (Å²) in [5, 5.41) is 8.37. The van der Waals surface area contributed by atoms with Gasteiger partial charge in [0.25, 0.3) is 12.0 Å². The van der Waals surface area contributed by atoms with Crippen molar-refractivity contribution in [3.05, 3.63) is 31.2 Å². The van der Waals surface area contributed by atoms with E-state index in [9.17, 15) is 13.6 Å². The molecule has 3 nitrogen and oxygen atoms in total. The van der Waals surface area contributed by atoms with Crippen molar-refractivity contribution in [1.82, 2.24) is 4.98 Å². The second-order valence-electron chi connectivity index (χ2n) is 2.52. The van der Waals surface area contributed by atoms with Crippen LogP contribution >= 0.6 is 22.6 Å². The number of pyridine rings is 1. The van der Waals surface area contributed by atoms with Crippen molar-refractivity contribution < 1.29 is 8.78 Å². The summed E-state index contributed by atoms with van der Waals surface area (Å²) in [4.78, 5) is 13.3. The zero-order valence-electron chi connectivity index (χ0n) is 6.85. The summed E-state index contributed by atoms with van der Waals surface area (Å²) in [5.74, 6) is 0. The van der Waals surface area contributed by atoms with Gasteiger partial charge in [-0.3, -0.25) is 4.79 Å². The largest absolute Gasteiger partial charge is 0.324 e. The highest BCUT2D eigenvalue weighted by molar-refractivity contribution is 14.1. The van der Waals surface area contributed by atoms with E-state index >= 15 is 0 Å². The average molecular weight is 310 g/mol. The van der Waals surface area contributed by atoms with Gasteiger partial charge in [-0.2, -0.15) is 5.26 Å². The first kappa shape index (κ1) is 11.1. The van der Waals surface area contributed by atoms with Crippen molar-refractivity contribution in [1.29, 1.82) is 5.26 Å². The molecule has 0 aromatic carbocycles. The predicted molar refractivity (Wildman–Crippen MR) is 54.1 cm³/mol. The molecule has 0 aliphatic heterocycles. The molecule has 0 atom stereocenters.